The molecule has 1 saturated heterocycles. The molecule has 20 heavy (non-hydrogen) atoms. The number of hydrogen-bond donors (Lipinski definition) is 1. The first-order valence-electron chi connectivity index (χ1n) is 6.15. The fourth-order valence-corrected chi connectivity index (χ4v) is 3.03. The summed E-state index contributed by atoms with van der Waals surface area (Å²) in [6, 6.07) is 14.9. The molecule has 0 aliphatic carbocycles. The summed E-state index contributed by atoms with van der Waals surface area (Å²) in [5, 5.41) is 3.61. The number of ether oxygens (including phenoxy) is 1. The van der Waals surface area contributed by atoms with Crippen LogP contribution in [0.2, 0.25) is 5.02 Å². The second-order valence-electron chi connectivity index (χ2n) is 4.39. The largest absolute Gasteiger partial charge is 0.457 e. The van der Waals surface area contributed by atoms with Gasteiger partial charge in [0.1, 0.15) is 16.9 Å². The maximum atomic E-state index is 11.3. The molecule has 3 rings (SSSR count). The Balaban J connectivity index is 1.77. The van der Waals surface area contributed by atoms with Gasteiger partial charge in [-0.1, -0.05) is 23.7 Å². The number of halogens is 1. The summed E-state index contributed by atoms with van der Waals surface area (Å²) in [7, 11) is 0. The van der Waals surface area contributed by atoms with Crippen molar-refractivity contribution in [1.29, 1.82) is 0 Å². The molecule has 102 valence electrons. The molecule has 0 bridgehead atoms. The number of nitrogens with one attached hydrogen (secondary N) is 1. The SMILES string of the molecule is O=C1CSC(c2cccc(Oc3ccc(Cl)cc3)c2)N1. The Morgan fingerprint density at radius 3 is 2.65 bits per heavy atom. The topological polar surface area (TPSA) is 38.3 Å². The monoisotopic (exact) mass is 305 g/mol. The van der Waals surface area contributed by atoms with Crippen LogP contribution in [-0.2, 0) is 4.79 Å². The van der Waals surface area contributed by atoms with Crippen molar-refractivity contribution < 1.29 is 9.53 Å². The molecule has 1 unspecified atom stereocenters. The highest BCUT2D eigenvalue weighted by Gasteiger charge is 2.23. The minimum atomic E-state index is 0.0104. The first-order chi connectivity index (χ1) is 9.70. The molecule has 2 aromatic carbocycles. The predicted octanol–water partition coefficient (Wildman–Crippen LogP) is 3.99. The number of benzene rings is 2. The van der Waals surface area contributed by atoms with E-state index in [1.165, 1.54) is 0 Å². The van der Waals surface area contributed by atoms with E-state index >= 15 is 0 Å². The van der Waals surface area contributed by atoms with Crippen molar-refractivity contribution in [2.45, 2.75) is 5.37 Å². The zero-order valence-electron chi connectivity index (χ0n) is 10.5. The van der Waals surface area contributed by atoms with Gasteiger partial charge in [-0.15, -0.1) is 11.8 Å². The van der Waals surface area contributed by atoms with Gasteiger partial charge in [-0.05, 0) is 42.0 Å². The summed E-state index contributed by atoms with van der Waals surface area (Å²) in [5.41, 5.74) is 1.03. The minimum Gasteiger partial charge on any atom is -0.457 e. The molecular formula is C15H12ClNO2S. The number of amides is 1. The summed E-state index contributed by atoms with van der Waals surface area (Å²) in [6.45, 7) is 0. The van der Waals surface area contributed by atoms with Gasteiger partial charge in [0.15, 0.2) is 0 Å². The van der Waals surface area contributed by atoms with Crippen molar-refractivity contribution in [2.75, 3.05) is 5.75 Å². The molecule has 1 aliphatic rings. The Morgan fingerprint density at radius 1 is 1.15 bits per heavy atom. The van der Waals surface area contributed by atoms with Crippen molar-refractivity contribution in [3.63, 3.8) is 0 Å². The molecule has 1 N–H and O–H groups in total. The average Bonchev–Trinajstić information content (AvgIpc) is 2.89. The Bertz CT molecular complexity index is 630. The Hall–Kier alpha value is -1.65. The van der Waals surface area contributed by atoms with Gasteiger partial charge in [0.05, 0.1) is 5.75 Å². The summed E-state index contributed by atoms with van der Waals surface area (Å²) in [4.78, 5) is 11.3. The highest BCUT2D eigenvalue weighted by Crippen LogP contribution is 2.33. The molecule has 1 fully saturated rings. The number of carbonyl (C=O) groups is 1. The smallest absolute Gasteiger partial charge is 0.231 e. The summed E-state index contributed by atoms with van der Waals surface area (Å²) < 4.78 is 5.78. The second kappa shape index (κ2) is 5.77. The van der Waals surface area contributed by atoms with Gasteiger partial charge < -0.3 is 10.1 Å². The zero-order chi connectivity index (χ0) is 13.9. The number of carbonyl (C=O) groups excluding carboxylic acids is 1. The van der Waals surface area contributed by atoms with E-state index in [4.69, 9.17) is 16.3 Å². The van der Waals surface area contributed by atoms with Gasteiger partial charge >= 0.3 is 0 Å². The highest BCUT2D eigenvalue weighted by atomic mass is 35.5. The Morgan fingerprint density at radius 2 is 1.95 bits per heavy atom. The van der Waals surface area contributed by atoms with Crippen LogP contribution in [0.15, 0.2) is 48.5 Å². The second-order valence-corrected chi connectivity index (χ2v) is 5.92. The minimum absolute atomic E-state index is 0.0104. The van der Waals surface area contributed by atoms with Crippen LogP contribution in [0.1, 0.15) is 10.9 Å². The lowest BCUT2D eigenvalue weighted by Crippen LogP contribution is -2.18. The van der Waals surface area contributed by atoms with Crippen molar-refractivity contribution in [2.24, 2.45) is 0 Å². The van der Waals surface area contributed by atoms with Crippen molar-refractivity contribution in [1.82, 2.24) is 5.32 Å². The standard InChI is InChI=1S/C15H12ClNO2S/c16-11-4-6-12(7-5-11)19-13-3-1-2-10(8-13)15-17-14(18)9-20-15/h1-8,15H,9H2,(H,17,18). The summed E-state index contributed by atoms with van der Waals surface area (Å²) in [6.07, 6.45) is 0. The third-order valence-electron chi connectivity index (χ3n) is 2.88. The van der Waals surface area contributed by atoms with E-state index in [2.05, 4.69) is 5.32 Å². The van der Waals surface area contributed by atoms with Gasteiger partial charge in [-0.25, -0.2) is 0 Å². The van der Waals surface area contributed by atoms with Gasteiger partial charge in [-0.3, -0.25) is 4.79 Å². The van der Waals surface area contributed by atoms with Crippen molar-refractivity contribution in [3.05, 3.63) is 59.1 Å². The van der Waals surface area contributed by atoms with E-state index < -0.39 is 0 Å². The van der Waals surface area contributed by atoms with Crippen LogP contribution in [0.3, 0.4) is 0 Å². The molecule has 2 aromatic rings. The third-order valence-corrected chi connectivity index (χ3v) is 4.29. The van der Waals surface area contributed by atoms with Crippen molar-refractivity contribution >= 4 is 29.3 Å². The molecule has 0 saturated carbocycles. The fourth-order valence-electron chi connectivity index (χ4n) is 1.95. The van der Waals surface area contributed by atoms with E-state index in [-0.39, 0.29) is 11.3 Å². The molecule has 1 amide bonds. The van der Waals surface area contributed by atoms with Crippen LogP contribution in [0.4, 0.5) is 0 Å². The fraction of sp³-hybridized carbons (Fsp3) is 0.133. The molecule has 1 atom stereocenters. The summed E-state index contributed by atoms with van der Waals surface area (Å²) in [5.74, 6) is 2.05. The van der Waals surface area contributed by atoms with Crippen LogP contribution < -0.4 is 10.1 Å². The molecular weight excluding hydrogens is 294 g/mol. The van der Waals surface area contributed by atoms with E-state index in [1.54, 1.807) is 23.9 Å². The maximum absolute atomic E-state index is 11.3. The Labute approximate surface area is 126 Å². The van der Waals surface area contributed by atoms with Gasteiger partial charge in [0.25, 0.3) is 0 Å². The van der Waals surface area contributed by atoms with Crippen LogP contribution in [0.5, 0.6) is 11.5 Å². The van der Waals surface area contributed by atoms with E-state index in [1.807, 2.05) is 36.4 Å². The summed E-state index contributed by atoms with van der Waals surface area (Å²) >= 11 is 7.43. The molecule has 1 aliphatic heterocycles. The van der Waals surface area contributed by atoms with Crippen LogP contribution in [0, 0.1) is 0 Å². The molecule has 0 aromatic heterocycles. The van der Waals surface area contributed by atoms with Crippen LogP contribution >= 0.6 is 23.4 Å². The number of rotatable bonds is 3. The molecule has 0 radical (unpaired) electrons. The van der Waals surface area contributed by atoms with Crippen molar-refractivity contribution in [3.8, 4) is 11.5 Å². The highest BCUT2D eigenvalue weighted by molar-refractivity contribution is 8.00. The van der Waals surface area contributed by atoms with E-state index in [0.29, 0.717) is 10.8 Å². The predicted molar refractivity (Wildman–Crippen MR) is 81.3 cm³/mol. The normalized spacial score (nSPS) is 17.9. The molecule has 1 heterocycles. The molecule has 0 spiro atoms. The van der Waals surface area contributed by atoms with E-state index in [0.717, 1.165) is 17.1 Å². The lowest BCUT2D eigenvalue weighted by molar-refractivity contribution is -0.118. The van der Waals surface area contributed by atoms with Gasteiger partial charge in [0, 0.05) is 5.02 Å². The van der Waals surface area contributed by atoms with Gasteiger partial charge in [0.2, 0.25) is 5.91 Å². The van der Waals surface area contributed by atoms with Gasteiger partial charge in [-0.2, -0.15) is 0 Å². The van der Waals surface area contributed by atoms with Crippen LogP contribution in [-0.4, -0.2) is 11.7 Å². The molecule has 5 heteroatoms. The molecule has 3 nitrogen and oxygen atoms in total. The maximum Gasteiger partial charge on any atom is 0.231 e. The third kappa shape index (κ3) is 3.08. The Kier molecular flexibility index (Phi) is 3.85. The van der Waals surface area contributed by atoms with E-state index in [9.17, 15) is 4.79 Å². The number of hydrogen-bond acceptors (Lipinski definition) is 3. The first kappa shape index (κ1) is 13.3. The lowest BCUT2D eigenvalue weighted by Gasteiger charge is -2.12. The quantitative estimate of drug-likeness (QED) is 0.931. The van der Waals surface area contributed by atoms with Crippen LogP contribution in [0.25, 0.3) is 0 Å². The zero-order valence-corrected chi connectivity index (χ0v) is 12.1. The number of thioether (sulfide) groups is 1. The average molecular weight is 306 g/mol. The lowest BCUT2D eigenvalue weighted by atomic mass is 10.2. The first-order valence-corrected chi connectivity index (χ1v) is 7.58.